The maximum absolute atomic E-state index is 13.1. The van der Waals surface area contributed by atoms with E-state index < -0.39 is 11.9 Å². The van der Waals surface area contributed by atoms with Crippen LogP contribution in [-0.2, 0) is 4.79 Å². The second-order valence-electron chi connectivity index (χ2n) is 4.59. The van der Waals surface area contributed by atoms with Gasteiger partial charge < -0.3 is 10.6 Å². The van der Waals surface area contributed by atoms with Crippen LogP contribution in [0.4, 0.5) is 15.8 Å². The predicted octanol–water partition coefficient (Wildman–Crippen LogP) is 4.31. The Bertz CT molecular complexity index is 619. The minimum atomic E-state index is -0.482. The Kier molecular flexibility index (Phi) is 5.17. The molecule has 3 nitrogen and oxygen atoms in total. The molecule has 2 aromatic rings. The van der Waals surface area contributed by atoms with Gasteiger partial charge >= 0.3 is 0 Å². The number of nitrogens with one attached hydrogen (secondary N) is 2. The fraction of sp³-hybridized carbons (Fsp3) is 0.188. The van der Waals surface area contributed by atoms with Crippen LogP contribution in [0.1, 0.15) is 13.3 Å². The number of hydrogen-bond acceptors (Lipinski definition) is 2. The largest absolute Gasteiger partial charge is 0.374 e. The number of halogens is 2. The minimum absolute atomic E-state index is 0.0262. The minimum Gasteiger partial charge on any atom is -0.374 e. The lowest BCUT2D eigenvalue weighted by Gasteiger charge is -2.18. The van der Waals surface area contributed by atoms with Crippen LogP contribution < -0.4 is 10.6 Å². The molecule has 0 radical (unpaired) electrons. The second-order valence-corrected chi connectivity index (χ2v) is 5.00. The predicted molar refractivity (Wildman–Crippen MR) is 84.2 cm³/mol. The Morgan fingerprint density at radius 1 is 1.19 bits per heavy atom. The summed E-state index contributed by atoms with van der Waals surface area (Å²) >= 11 is 5.73. The van der Waals surface area contributed by atoms with Crippen molar-refractivity contribution in [3.63, 3.8) is 0 Å². The smallest absolute Gasteiger partial charge is 0.246 e. The van der Waals surface area contributed by atoms with Crippen molar-refractivity contribution in [2.45, 2.75) is 19.4 Å². The molecule has 2 rings (SSSR count). The van der Waals surface area contributed by atoms with Gasteiger partial charge in [-0.15, -0.1) is 0 Å². The first-order valence-electron chi connectivity index (χ1n) is 6.67. The summed E-state index contributed by atoms with van der Waals surface area (Å²) in [6, 6.07) is 13.1. The Balaban J connectivity index is 2.05. The summed E-state index contributed by atoms with van der Waals surface area (Å²) in [4.78, 5) is 12.2. The molecule has 0 aliphatic rings. The molecule has 0 aromatic heterocycles. The third kappa shape index (κ3) is 4.20. The molecule has 2 N–H and O–H groups in total. The molecule has 5 heteroatoms. The summed E-state index contributed by atoms with van der Waals surface area (Å²) < 4.78 is 13.1. The Morgan fingerprint density at radius 3 is 2.52 bits per heavy atom. The quantitative estimate of drug-likeness (QED) is 0.864. The van der Waals surface area contributed by atoms with Gasteiger partial charge in [-0.25, -0.2) is 4.39 Å². The molecule has 0 saturated heterocycles. The molecule has 2 aromatic carbocycles. The number of hydrogen-bond donors (Lipinski definition) is 2. The SMILES string of the molecule is CC[C@H](Nc1ccc(F)c(Cl)c1)C(=O)Nc1ccccc1. The van der Waals surface area contributed by atoms with Crippen molar-refractivity contribution in [2.24, 2.45) is 0 Å². The first-order valence-corrected chi connectivity index (χ1v) is 7.05. The molecule has 21 heavy (non-hydrogen) atoms. The molecule has 1 amide bonds. The first-order chi connectivity index (χ1) is 10.1. The molecule has 1 atom stereocenters. The number of para-hydroxylation sites is 1. The summed E-state index contributed by atoms with van der Waals surface area (Å²) in [6.07, 6.45) is 0.591. The van der Waals surface area contributed by atoms with E-state index in [2.05, 4.69) is 10.6 Å². The third-order valence-electron chi connectivity index (χ3n) is 3.03. The van der Waals surface area contributed by atoms with Crippen LogP contribution in [0.15, 0.2) is 48.5 Å². The van der Waals surface area contributed by atoms with E-state index in [0.717, 1.165) is 5.69 Å². The number of carbonyl (C=O) groups is 1. The lowest BCUT2D eigenvalue weighted by atomic mass is 10.2. The lowest BCUT2D eigenvalue weighted by molar-refractivity contribution is -0.116. The van der Waals surface area contributed by atoms with E-state index in [0.29, 0.717) is 12.1 Å². The molecular formula is C16H16ClFN2O. The van der Waals surface area contributed by atoms with Gasteiger partial charge in [0, 0.05) is 11.4 Å². The van der Waals surface area contributed by atoms with Crippen LogP contribution in [-0.4, -0.2) is 11.9 Å². The van der Waals surface area contributed by atoms with E-state index >= 15 is 0 Å². The summed E-state index contributed by atoms with van der Waals surface area (Å²) in [6.45, 7) is 1.90. The van der Waals surface area contributed by atoms with Crippen molar-refractivity contribution in [1.29, 1.82) is 0 Å². The summed E-state index contributed by atoms with van der Waals surface area (Å²) in [5.74, 6) is -0.631. The van der Waals surface area contributed by atoms with Gasteiger partial charge in [0.15, 0.2) is 0 Å². The molecule has 0 unspecified atom stereocenters. The topological polar surface area (TPSA) is 41.1 Å². The maximum atomic E-state index is 13.1. The van der Waals surface area contributed by atoms with Crippen LogP contribution in [0, 0.1) is 5.82 Å². The van der Waals surface area contributed by atoms with Crippen molar-refractivity contribution < 1.29 is 9.18 Å². The Hall–Kier alpha value is -2.07. The fourth-order valence-corrected chi connectivity index (χ4v) is 2.07. The summed E-state index contributed by atoms with van der Waals surface area (Å²) in [5, 5.41) is 5.91. The van der Waals surface area contributed by atoms with Crippen molar-refractivity contribution in [1.82, 2.24) is 0 Å². The van der Waals surface area contributed by atoms with Gasteiger partial charge in [0.2, 0.25) is 5.91 Å². The lowest BCUT2D eigenvalue weighted by Crippen LogP contribution is -2.34. The number of anilines is 2. The van der Waals surface area contributed by atoms with Crippen LogP contribution in [0.25, 0.3) is 0 Å². The van der Waals surface area contributed by atoms with E-state index in [1.807, 2.05) is 37.3 Å². The average Bonchev–Trinajstić information content (AvgIpc) is 2.49. The molecule has 0 fully saturated rings. The molecule has 0 saturated carbocycles. The van der Waals surface area contributed by atoms with E-state index in [-0.39, 0.29) is 10.9 Å². The van der Waals surface area contributed by atoms with Gasteiger partial charge in [-0.1, -0.05) is 36.7 Å². The van der Waals surface area contributed by atoms with Crippen molar-refractivity contribution >= 4 is 28.9 Å². The van der Waals surface area contributed by atoms with Gasteiger partial charge in [-0.05, 0) is 36.8 Å². The standard InChI is InChI=1S/C16H16ClFN2O/c1-2-15(16(21)20-11-6-4-3-5-7-11)19-12-8-9-14(18)13(17)10-12/h3-10,15,19H,2H2,1H3,(H,20,21)/t15-/m0/s1. The molecule has 0 bridgehead atoms. The monoisotopic (exact) mass is 306 g/mol. The molecule has 0 spiro atoms. The zero-order chi connectivity index (χ0) is 15.2. The highest BCUT2D eigenvalue weighted by Crippen LogP contribution is 2.20. The molecule has 0 aliphatic heterocycles. The highest BCUT2D eigenvalue weighted by atomic mass is 35.5. The normalized spacial score (nSPS) is 11.8. The number of carbonyl (C=O) groups excluding carboxylic acids is 1. The Morgan fingerprint density at radius 2 is 1.90 bits per heavy atom. The highest BCUT2D eigenvalue weighted by Gasteiger charge is 2.16. The van der Waals surface area contributed by atoms with E-state index in [9.17, 15) is 9.18 Å². The zero-order valence-electron chi connectivity index (χ0n) is 11.6. The first kappa shape index (κ1) is 15.3. The second kappa shape index (κ2) is 7.09. The number of rotatable bonds is 5. The van der Waals surface area contributed by atoms with Gasteiger partial charge in [0.1, 0.15) is 11.9 Å². The van der Waals surface area contributed by atoms with Crippen LogP contribution in [0.5, 0.6) is 0 Å². The van der Waals surface area contributed by atoms with Crippen molar-refractivity contribution in [3.05, 3.63) is 59.4 Å². The Labute approximate surface area is 128 Å². The van der Waals surface area contributed by atoms with Gasteiger partial charge in [0.25, 0.3) is 0 Å². The van der Waals surface area contributed by atoms with Crippen molar-refractivity contribution in [2.75, 3.05) is 10.6 Å². The van der Waals surface area contributed by atoms with Crippen LogP contribution in [0.3, 0.4) is 0 Å². The molecule has 0 aliphatic carbocycles. The maximum Gasteiger partial charge on any atom is 0.246 e. The van der Waals surface area contributed by atoms with E-state index in [1.54, 1.807) is 6.07 Å². The zero-order valence-corrected chi connectivity index (χ0v) is 12.3. The van der Waals surface area contributed by atoms with E-state index in [1.165, 1.54) is 12.1 Å². The summed E-state index contributed by atoms with van der Waals surface area (Å²) in [5.41, 5.74) is 1.34. The fourth-order valence-electron chi connectivity index (χ4n) is 1.89. The van der Waals surface area contributed by atoms with Gasteiger partial charge in [-0.2, -0.15) is 0 Å². The van der Waals surface area contributed by atoms with Crippen LogP contribution >= 0.6 is 11.6 Å². The molecule has 0 heterocycles. The summed E-state index contributed by atoms with van der Waals surface area (Å²) in [7, 11) is 0. The molecule has 110 valence electrons. The number of benzene rings is 2. The van der Waals surface area contributed by atoms with Gasteiger partial charge in [-0.3, -0.25) is 4.79 Å². The average molecular weight is 307 g/mol. The van der Waals surface area contributed by atoms with E-state index in [4.69, 9.17) is 11.6 Å². The molecular weight excluding hydrogens is 291 g/mol. The number of amides is 1. The third-order valence-corrected chi connectivity index (χ3v) is 3.32. The van der Waals surface area contributed by atoms with Crippen molar-refractivity contribution in [3.8, 4) is 0 Å². The van der Waals surface area contributed by atoms with Crippen LogP contribution in [0.2, 0.25) is 5.02 Å². The van der Waals surface area contributed by atoms with Gasteiger partial charge in [0.05, 0.1) is 5.02 Å². The highest BCUT2D eigenvalue weighted by molar-refractivity contribution is 6.31.